The Balaban J connectivity index is 1.71. The van der Waals surface area contributed by atoms with Crippen molar-refractivity contribution in [3.63, 3.8) is 0 Å². The monoisotopic (exact) mass is 324 g/mol. The first-order chi connectivity index (χ1) is 11.7. The maximum absolute atomic E-state index is 10.4. The molecule has 126 valence electrons. The van der Waals surface area contributed by atoms with E-state index in [1.807, 2.05) is 49.4 Å². The summed E-state index contributed by atoms with van der Waals surface area (Å²) in [4.78, 5) is 4.69. The molecule has 0 saturated heterocycles. The minimum atomic E-state index is -0.584. The number of fused-ring (bicyclic) bond motifs is 1. The van der Waals surface area contributed by atoms with Crippen molar-refractivity contribution in [3.8, 4) is 5.75 Å². The molecular formula is C20H24N2O2. The van der Waals surface area contributed by atoms with E-state index in [-0.39, 0.29) is 6.61 Å². The van der Waals surface area contributed by atoms with Crippen molar-refractivity contribution < 1.29 is 9.84 Å². The Morgan fingerprint density at radius 3 is 2.62 bits per heavy atom. The number of rotatable bonds is 7. The highest BCUT2D eigenvalue weighted by molar-refractivity contribution is 5.75. The van der Waals surface area contributed by atoms with Crippen molar-refractivity contribution in [1.29, 1.82) is 0 Å². The third-order valence-electron chi connectivity index (χ3n) is 4.06. The molecule has 3 aromatic rings. The van der Waals surface area contributed by atoms with Crippen molar-refractivity contribution in [1.82, 2.24) is 9.55 Å². The maximum Gasteiger partial charge on any atom is 0.119 e. The molecule has 1 aromatic heterocycles. The SMILES string of the molecule is CCCc1nc2ccccc2n1CC(O)COc1ccc(C)cc1. The van der Waals surface area contributed by atoms with Crippen LogP contribution < -0.4 is 4.74 Å². The molecule has 1 unspecified atom stereocenters. The van der Waals surface area contributed by atoms with Gasteiger partial charge in [0.1, 0.15) is 24.3 Å². The minimum Gasteiger partial charge on any atom is -0.491 e. The first kappa shape index (κ1) is 16.5. The molecule has 1 heterocycles. The van der Waals surface area contributed by atoms with Crippen molar-refractivity contribution in [2.24, 2.45) is 0 Å². The Kier molecular flexibility index (Phi) is 5.16. The van der Waals surface area contributed by atoms with Gasteiger partial charge in [0, 0.05) is 6.42 Å². The molecule has 4 heteroatoms. The van der Waals surface area contributed by atoms with Crippen LogP contribution in [0.2, 0.25) is 0 Å². The Bertz CT molecular complexity index is 793. The number of hydrogen-bond donors (Lipinski definition) is 1. The van der Waals surface area contributed by atoms with E-state index in [9.17, 15) is 5.11 Å². The van der Waals surface area contributed by atoms with Crippen molar-refractivity contribution >= 4 is 11.0 Å². The lowest BCUT2D eigenvalue weighted by atomic mass is 10.2. The van der Waals surface area contributed by atoms with Gasteiger partial charge in [0.25, 0.3) is 0 Å². The Morgan fingerprint density at radius 2 is 1.88 bits per heavy atom. The van der Waals surface area contributed by atoms with Gasteiger partial charge in [-0.05, 0) is 37.6 Å². The van der Waals surface area contributed by atoms with Gasteiger partial charge in [-0.3, -0.25) is 0 Å². The summed E-state index contributed by atoms with van der Waals surface area (Å²) in [7, 11) is 0. The molecule has 1 N–H and O–H groups in total. The second-order valence-corrected chi connectivity index (χ2v) is 6.16. The topological polar surface area (TPSA) is 47.3 Å². The summed E-state index contributed by atoms with van der Waals surface area (Å²) < 4.78 is 7.81. The van der Waals surface area contributed by atoms with Crippen LogP contribution in [0.4, 0.5) is 0 Å². The number of hydrogen-bond acceptors (Lipinski definition) is 3. The molecule has 0 radical (unpaired) electrons. The fourth-order valence-electron chi connectivity index (χ4n) is 2.83. The largest absolute Gasteiger partial charge is 0.491 e. The second kappa shape index (κ2) is 7.49. The average Bonchev–Trinajstić information content (AvgIpc) is 2.92. The third-order valence-corrected chi connectivity index (χ3v) is 4.06. The predicted molar refractivity (Wildman–Crippen MR) is 96.4 cm³/mol. The van der Waals surface area contributed by atoms with Gasteiger partial charge in [-0.1, -0.05) is 36.8 Å². The molecule has 0 amide bonds. The number of aliphatic hydroxyl groups excluding tert-OH is 1. The molecule has 0 aliphatic carbocycles. The third kappa shape index (κ3) is 3.77. The molecule has 0 bridgehead atoms. The van der Waals surface area contributed by atoms with Crippen LogP contribution in [0.25, 0.3) is 11.0 Å². The summed E-state index contributed by atoms with van der Waals surface area (Å²) >= 11 is 0. The summed E-state index contributed by atoms with van der Waals surface area (Å²) in [5, 5.41) is 10.4. The van der Waals surface area contributed by atoms with E-state index >= 15 is 0 Å². The van der Waals surface area contributed by atoms with E-state index in [0.29, 0.717) is 6.54 Å². The molecule has 4 nitrogen and oxygen atoms in total. The van der Waals surface area contributed by atoms with Crippen molar-refractivity contribution in [2.45, 2.75) is 39.3 Å². The zero-order chi connectivity index (χ0) is 16.9. The quantitative estimate of drug-likeness (QED) is 0.720. The highest BCUT2D eigenvalue weighted by Gasteiger charge is 2.14. The van der Waals surface area contributed by atoms with E-state index < -0.39 is 6.10 Å². The highest BCUT2D eigenvalue weighted by atomic mass is 16.5. The Labute approximate surface area is 142 Å². The Hall–Kier alpha value is -2.33. The van der Waals surface area contributed by atoms with Crippen LogP contribution in [0.1, 0.15) is 24.7 Å². The molecule has 1 atom stereocenters. The van der Waals surface area contributed by atoms with Crippen LogP contribution in [0.15, 0.2) is 48.5 Å². The standard InChI is InChI=1S/C20H24N2O2/c1-3-6-20-21-18-7-4-5-8-19(18)22(20)13-16(23)14-24-17-11-9-15(2)10-12-17/h4-5,7-12,16,23H,3,6,13-14H2,1-2H3. The van der Waals surface area contributed by atoms with Gasteiger partial charge in [-0.2, -0.15) is 0 Å². The smallest absolute Gasteiger partial charge is 0.119 e. The fourth-order valence-corrected chi connectivity index (χ4v) is 2.83. The van der Waals surface area contributed by atoms with Gasteiger partial charge >= 0.3 is 0 Å². The molecule has 24 heavy (non-hydrogen) atoms. The van der Waals surface area contributed by atoms with Gasteiger partial charge in [0.2, 0.25) is 0 Å². The number of imidazole rings is 1. The van der Waals surface area contributed by atoms with E-state index in [0.717, 1.165) is 35.4 Å². The van der Waals surface area contributed by atoms with Gasteiger partial charge in [0.05, 0.1) is 17.6 Å². The molecule has 0 aliphatic heterocycles. The van der Waals surface area contributed by atoms with Crippen LogP contribution >= 0.6 is 0 Å². The number of para-hydroxylation sites is 2. The Morgan fingerprint density at radius 1 is 1.12 bits per heavy atom. The zero-order valence-electron chi connectivity index (χ0n) is 14.3. The number of ether oxygens (including phenoxy) is 1. The van der Waals surface area contributed by atoms with Crippen LogP contribution in [0.5, 0.6) is 5.75 Å². The normalized spacial score (nSPS) is 12.5. The first-order valence-electron chi connectivity index (χ1n) is 8.49. The molecular weight excluding hydrogens is 300 g/mol. The van der Waals surface area contributed by atoms with E-state index in [4.69, 9.17) is 9.72 Å². The van der Waals surface area contributed by atoms with Gasteiger partial charge < -0.3 is 14.4 Å². The predicted octanol–water partition coefficient (Wildman–Crippen LogP) is 3.74. The van der Waals surface area contributed by atoms with Gasteiger partial charge in [-0.15, -0.1) is 0 Å². The van der Waals surface area contributed by atoms with Crippen molar-refractivity contribution in [2.75, 3.05) is 6.61 Å². The fraction of sp³-hybridized carbons (Fsp3) is 0.350. The second-order valence-electron chi connectivity index (χ2n) is 6.16. The van der Waals surface area contributed by atoms with Gasteiger partial charge in [0.15, 0.2) is 0 Å². The summed E-state index contributed by atoms with van der Waals surface area (Å²) in [6.45, 7) is 4.93. The molecule has 0 fully saturated rings. The van der Waals surface area contributed by atoms with Crippen LogP contribution in [0.3, 0.4) is 0 Å². The molecule has 3 rings (SSSR count). The summed E-state index contributed by atoms with van der Waals surface area (Å²) in [5.41, 5.74) is 3.24. The van der Waals surface area contributed by atoms with E-state index in [2.05, 4.69) is 17.6 Å². The number of aryl methyl sites for hydroxylation is 2. The van der Waals surface area contributed by atoms with Crippen LogP contribution in [-0.4, -0.2) is 27.4 Å². The number of aromatic nitrogens is 2. The summed E-state index contributed by atoms with van der Waals surface area (Å²) in [6.07, 6.45) is 1.35. The molecule has 0 saturated carbocycles. The maximum atomic E-state index is 10.4. The lowest BCUT2D eigenvalue weighted by molar-refractivity contribution is 0.0927. The highest BCUT2D eigenvalue weighted by Crippen LogP contribution is 2.18. The molecule has 0 spiro atoms. The van der Waals surface area contributed by atoms with E-state index in [1.54, 1.807) is 0 Å². The summed E-state index contributed by atoms with van der Waals surface area (Å²) in [6, 6.07) is 15.9. The average molecular weight is 324 g/mol. The zero-order valence-corrected chi connectivity index (χ0v) is 14.3. The molecule has 2 aromatic carbocycles. The van der Waals surface area contributed by atoms with E-state index in [1.165, 1.54) is 5.56 Å². The van der Waals surface area contributed by atoms with Crippen molar-refractivity contribution in [3.05, 3.63) is 59.9 Å². The molecule has 0 aliphatic rings. The van der Waals surface area contributed by atoms with Crippen LogP contribution in [-0.2, 0) is 13.0 Å². The summed E-state index contributed by atoms with van der Waals surface area (Å²) in [5.74, 6) is 1.80. The number of benzene rings is 2. The minimum absolute atomic E-state index is 0.265. The number of aliphatic hydroxyl groups is 1. The lowest BCUT2D eigenvalue weighted by Crippen LogP contribution is -2.24. The lowest BCUT2D eigenvalue weighted by Gasteiger charge is -2.15. The first-order valence-corrected chi connectivity index (χ1v) is 8.49. The van der Waals surface area contributed by atoms with Gasteiger partial charge in [-0.25, -0.2) is 4.98 Å². The van der Waals surface area contributed by atoms with Crippen LogP contribution in [0, 0.1) is 6.92 Å². The number of nitrogens with zero attached hydrogens (tertiary/aromatic N) is 2.